The summed E-state index contributed by atoms with van der Waals surface area (Å²) < 4.78 is 0. The van der Waals surface area contributed by atoms with Crippen LogP contribution in [0, 0.1) is 0 Å². The lowest BCUT2D eigenvalue weighted by atomic mass is 10.2. The van der Waals surface area contributed by atoms with Gasteiger partial charge in [0.15, 0.2) is 0 Å². The van der Waals surface area contributed by atoms with Gasteiger partial charge < -0.3 is 11.1 Å². The number of pyridine rings is 1. The number of nitrogens with zero attached hydrogens (tertiary/aromatic N) is 3. The molecule has 3 N–H and O–H groups in total. The van der Waals surface area contributed by atoms with Crippen molar-refractivity contribution in [2.24, 2.45) is 0 Å². The van der Waals surface area contributed by atoms with Crippen LogP contribution in [0.5, 0.6) is 0 Å². The molecule has 0 aliphatic heterocycles. The van der Waals surface area contributed by atoms with Crippen LogP contribution in [-0.2, 0) is 6.42 Å². The van der Waals surface area contributed by atoms with Crippen molar-refractivity contribution in [1.29, 1.82) is 0 Å². The molecule has 0 aliphatic carbocycles. The van der Waals surface area contributed by atoms with Crippen LogP contribution >= 0.6 is 0 Å². The Morgan fingerprint density at radius 1 is 1.12 bits per heavy atom. The average Bonchev–Trinajstić information content (AvgIpc) is 2.30. The Hall–Kier alpha value is -2.17. The number of hydrogen-bond acceptors (Lipinski definition) is 5. The largest absolute Gasteiger partial charge is 0.382 e. The number of hydrogen-bond donors (Lipinski definition) is 2. The molecule has 82 valence electrons. The van der Waals surface area contributed by atoms with Crippen LogP contribution in [-0.4, -0.2) is 21.5 Å². The van der Waals surface area contributed by atoms with Crippen molar-refractivity contribution in [2.75, 3.05) is 17.6 Å². The molecular formula is C11H13N5. The summed E-state index contributed by atoms with van der Waals surface area (Å²) in [6, 6.07) is 3.99. The number of nitrogen functional groups attached to an aromatic ring is 1. The summed E-state index contributed by atoms with van der Waals surface area (Å²) in [5.74, 6) is 1.13. The quantitative estimate of drug-likeness (QED) is 0.798. The Morgan fingerprint density at radius 2 is 1.94 bits per heavy atom. The zero-order valence-electron chi connectivity index (χ0n) is 8.80. The first kappa shape index (κ1) is 10.4. The first-order chi connectivity index (χ1) is 7.84. The average molecular weight is 215 g/mol. The van der Waals surface area contributed by atoms with Gasteiger partial charge in [0.25, 0.3) is 0 Å². The van der Waals surface area contributed by atoms with E-state index < -0.39 is 0 Å². The summed E-state index contributed by atoms with van der Waals surface area (Å²) in [7, 11) is 0. The summed E-state index contributed by atoms with van der Waals surface area (Å²) in [6.07, 6.45) is 7.67. The smallest absolute Gasteiger partial charge is 0.146 e. The second-order valence-electron chi connectivity index (χ2n) is 3.36. The van der Waals surface area contributed by atoms with Crippen molar-refractivity contribution in [2.45, 2.75) is 6.42 Å². The molecule has 0 saturated carbocycles. The van der Waals surface area contributed by atoms with Crippen LogP contribution in [0.3, 0.4) is 0 Å². The zero-order valence-corrected chi connectivity index (χ0v) is 8.80. The van der Waals surface area contributed by atoms with Crippen molar-refractivity contribution in [3.63, 3.8) is 0 Å². The van der Waals surface area contributed by atoms with Crippen LogP contribution in [0.2, 0.25) is 0 Å². The lowest BCUT2D eigenvalue weighted by Gasteiger charge is -2.05. The predicted molar refractivity (Wildman–Crippen MR) is 62.9 cm³/mol. The van der Waals surface area contributed by atoms with Crippen LogP contribution in [0.15, 0.2) is 36.9 Å². The van der Waals surface area contributed by atoms with E-state index >= 15 is 0 Å². The number of anilines is 2. The number of nitrogens with one attached hydrogen (secondary N) is 1. The first-order valence-electron chi connectivity index (χ1n) is 5.05. The van der Waals surface area contributed by atoms with Gasteiger partial charge in [-0.2, -0.15) is 0 Å². The molecule has 0 atom stereocenters. The van der Waals surface area contributed by atoms with E-state index in [0.29, 0.717) is 11.6 Å². The van der Waals surface area contributed by atoms with Gasteiger partial charge in [-0.3, -0.25) is 9.97 Å². The highest BCUT2D eigenvalue weighted by Gasteiger charge is 1.95. The van der Waals surface area contributed by atoms with Crippen molar-refractivity contribution in [3.8, 4) is 0 Å². The summed E-state index contributed by atoms with van der Waals surface area (Å²) in [6.45, 7) is 0.794. The molecule has 2 aromatic rings. The minimum atomic E-state index is 0.425. The third-order valence-electron chi connectivity index (χ3n) is 2.12. The topological polar surface area (TPSA) is 76.7 Å². The third kappa shape index (κ3) is 2.91. The lowest BCUT2D eigenvalue weighted by molar-refractivity contribution is 0.995. The molecule has 2 aromatic heterocycles. The van der Waals surface area contributed by atoms with Gasteiger partial charge in [-0.25, -0.2) is 4.98 Å². The maximum absolute atomic E-state index is 5.52. The summed E-state index contributed by atoms with van der Waals surface area (Å²) >= 11 is 0. The molecule has 0 aliphatic rings. The van der Waals surface area contributed by atoms with Gasteiger partial charge >= 0.3 is 0 Å². The fourth-order valence-corrected chi connectivity index (χ4v) is 1.35. The van der Waals surface area contributed by atoms with Gasteiger partial charge in [0.05, 0.1) is 12.4 Å². The summed E-state index contributed by atoms with van der Waals surface area (Å²) in [5, 5.41) is 3.16. The molecule has 0 saturated heterocycles. The monoisotopic (exact) mass is 215 g/mol. The van der Waals surface area contributed by atoms with Gasteiger partial charge in [-0.15, -0.1) is 0 Å². The normalized spacial score (nSPS) is 10.0. The second-order valence-corrected chi connectivity index (χ2v) is 3.36. The minimum Gasteiger partial charge on any atom is -0.382 e. The van der Waals surface area contributed by atoms with E-state index in [1.54, 1.807) is 18.6 Å². The first-order valence-corrected chi connectivity index (χ1v) is 5.05. The van der Waals surface area contributed by atoms with E-state index in [9.17, 15) is 0 Å². The summed E-state index contributed by atoms with van der Waals surface area (Å²) in [4.78, 5) is 12.0. The van der Waals surface area contributed by atoms with Gasteiger partial charge in [-0.1, -0.05) is 0 Å². The molecule has 0 radical (unpaired) electrons. The third-order valence-corrected chi connectivity index (χ3v) is 2.12. The van der Waals surface area contributed by atoms with Gasteiger partial charge in [0.1, 0.15) is 11.6 Å². The van der Waals surface area contributed by atoms with E-state index in [0.717, 1.165) is 13.0 Å². The Balaban J connectivity index is 1.85. The van der Waals surface area contributed by atoms with Crippen LogP contribution in [0.4, 0.5) is 11.6 Å². The number of rotatable bonds is 4. The van der Waals surface area contributed by atoms with E-state index in [1.165, 1.54) is 11.8 Å². The molecule has 0 aromatic carbocycles. The zero-order chi connectivity index (χ0) is 11.2. The Bertz CT molecular complexity index is 443. The maximum atomic E-state index is 5.52. The fourth-order valence-electron chi connectivity index (χ4n) is 1.35. The Morgan fingerprint density at radius 3 is 2.69 bits per heavy atom. The van der Waals surface area contributed by atoms with Gasteiger partial charge in [0.2, 0.25) is 0 Å². The molecular weight excluding hydrogens is 202 g/mol. The highest BCUT2D eigenvalue weighted by Crippen LogP contribution is 2.03. The van der Waals surface area contributed by atoms with Crippen molar-refractivity contribution < 1.29 is 0 Å². The SMILES string of the molecule is Nc1cncc(NCCc2ccncc2)n1. The Kier molecular flexibility index (Phi) is 3.28. The lowest BCUT2D eigenvalue weighted by Crippen LogP contribution is -2.07. The standard InChI is InChI=1S/C11H13N5/c12-10-7-14-8-11(16-10)15-6-3-9-1-4-13-5-2-9/h1-2,4-5,7-8H,3,6H2,(H3,12,15,16). The van der Waals surface area contributed by atoms with Crippen LogP contribution in [0.1, 0.15) is 5.56 Å². The van der Waals surface area contributed by atoms with Gasteiger partial charge in [0, 0.05) is 18.9 Å². The van der Waals surface area contributed by atoms with Crippen LogP contribution in [0.25, 0.3) is 0 Å². The molecule has 5 heteroatoms. The van der Waals surface area contributed by atoms with E-state index in [4.69, 9.17) is 5.73 Å². The Labute approximate surface area is 93.8 Å². The van der Waals surface area contributed by atoms with E-state index in [-0.39, 0.29) is 0 Å². The highest BCUT2D eigenvalue weighted by atomic mass is 15.0. The molecule has 5 nitrogen and oxygen atoms in total. The van der Waals surface area contributed by atoms with E-state index in [1.807, 2.05) is 12.1 Å². The predicted octanol–water partition coefficient (Wildman–Crippen LogP) is 1.11. The molecule has 2 rings (SSSR count). The van der Waals surface area contributed by atoms with E-state index in [2.05, 4.69) is 20.3 Å². The van der Waals surface area contributed by atoms with Crippen LogP contribution < -0.4 is 11.1 Å². The molecule has 0 bridgehead atoms. The second kappa shape index (κ2) is 5.06. The summed E-state index contributed by atoms with van der Waals surface area (Å²) in [5.41, 5.74) is 6.76. The van der Waals surface area contributed by atoms with Crippen molar-refractivity contribution >= 4 is 11.6 Å². The molecule has 16 heavy (non-hydrogen) atoms. The number of aromatic nitrogens is 3. The fraction of sp³-hybridized carbons (Fsp3) is 0.182. The molecule has 0 unspecified atom stereocenters. The number of nitrogens with two attached hydrogens (primary N) is 1. The van der Waals surface area contributed by atoms with Crippen molar-refractivity contribution in [1.82, 2.24) is 15.0 Å². The van der Waals surface area contributed by atoms with Gasteiger partial charge in [-0.05, 0) is 24.1 Å². The highest BCUT2D eigenvalue weighted by molar-refractivity contribution is 5.38. The van der Waals surface area contributed by atoms with Crippen molar-refractivity contribution in [3.05, 3.63) is 42.5 Å². The molecule has 0 spiro atoms. The molecule has 2 heterocycles. The minimum absolute atomic E-state index is 0.425. The molecule has 0 amide bonds. The molecule has 0 fully saturated rings. The maximum Gasteiger partial charge on any atom is 0.146 e.